The molecule has 3 saturated heterocycles. The predicted molar refractivity (Wildman–Crippen MR) is 90.9 cm³/mol. The minimum absolute atomic E-state index is 0.149. The highest BCUT2D eigenvalue weighted by Gasteiger charge is 2.44. The largest absolute Gasteiger partial charge is 0.377 e. The molecule has 1 amide bonds. The van der Waals surface area contributed by atoms with E-state index in [2.05, 4.69) is 9.88 Å². The molecule has 1 aromatic rings. The molecule has 24 heavy (non-hydrogen) atoms. The fourth-order valence-electron chi connectivity index (χ4n) is 4.03. The van der Waals surface area contributed by atoms with Crippen LogP contribution in [0.15, 0.2) is 11.6 Å². The standard InChI is InChI=1S/C17H25N3O3S/c21-16-2-1-6-20(16)10-14-3-4-17(23-14)12-19(7-8-22-13-17)11-15-18-5-9-24-15/h5,9,14H,1-4,6-8,10-13H2/t14-,17+/m1/s1. The van der Waals surface area contributed by atoms with Gasteiger partial charge in [-0.1, -0.05) is 0 Å². The summed E-state index contributed by atoms with van der Waals surface area (Å²) < 4.78 is 12.3. The van der Waals surface area contributed by atoms with Crippen LogP contribution in [-0.2, 0) is 20.8 Å². The summed E-state index contributed by atoms with van der Waals surface area (Å²) in [7, 11) is 0. The molecule has 132 valence electrons. The number of carbonyl (C=O) groups excluding carboxylic acids is 1. The fourth-order valence-corrected chi connectivity index (χ4v) is 4.69. The number of aromatic nitrogens is 1. The van der Waals surface area contributed by atoms with Gasteiger partial charge in [0.05, 0.1) is 25.9 Å². The number of likely N-dealkylation sites (tertiary alicyclic amines) is 1. The van der Waals surface area contributed by atoms with Gasteiger partial charge in [-0.25, -0.2) is 4.98 Å². The van der Waals surface area contributed by atoms with Gasteiger partial charge in [0.1, 0.15) is 10.6 Å². The van der Waals surface area contributed by atoms with Gasteiger partial charge in [-0.2, -0.15) is 0 Å². The molecule has 2 atom stereocenters. The Labute approximate surface area is 146 Å². The van der Waals surface area contributed by atoms with Crippen LogP contribution in [0, 0.1) is 0 Å². The van der Waals surface area contributed by atoms with Crippen molar-refractivity contribution in [1.29, 1.82) is 0 Å². The third kappa shape index (κ3) is 3.64. The summed E-state index contributed by atoms with van der Waals surface area (Å²) >= 11 is 1.70. The molecule has 0 aliphatic carbocycles. The van der Waals surface area contributed by atoms with Gasteiger partial charge in [0.2, 0.25) is 5.91 Å². The molecule has 0 aromatic carbocycles. The second-order valence-corrected chi connectivity index (χ2v) is 8.07. The quantitative estimate of drug-likeness (QED) is 0.823. The van der Waals surface area contributed by atoms with Gasteiger partial charge in [-0.05, 0) is 19.3 Å². The highest BCUT2D eigenvalue weighted by molar-refractivity contribution is 7.09. The Bertz CT molecular complexity index is 567. The van der Waals surface area contributed by atoms with E-state index >= 15 is 0 Å². The average molecular weight is 351 g/mol. The van der Waals surface area contributed by atoms with Gasteiger partial charge in [-0.3, -0.25) is 9.69 Å². The lowest BCUT2D eigenvalue weighted by Crippen LogP contribution is -2.45. The number of carbonyl (C=O) groups is 1. The van der Waals surface area contributed by atoms with Crippen LogP contribution in [0.3, 0.4) is 0 Å². The summed E-state index contributed by atoms with van der Waals surface area (Å²) in [5.74, 6) is 0.280. The van der Waals surface area contributed by atoms with E-state index in [1.54, 1.807) is 11.3 Å². The third-order valence-corrected chi connectivity index (χ3v) is 5.97. The van der Waals surface area contributed by atoms with Crippen LogP contribution in [-0.4, -0.2) is 71.8 Å². The van der Waals surface area contributed by atoms with Crippen molar-refractivity contribution in [3.05, 3.63) is 16.6 Å². The maximum atomic E-state index is 11.8. The molecule has 4 heterocycles. The minimum Gasteiger partial charge on any atom is -0.377 e. The van der Waals surface area contributed by atoms with Crippen LogP contribution >= 0.6 is 11.3 Å². The first-order valence-corrected chi connectivity index (χ1v) is 9.74. The third-order valence-electron chi connectivity index (χ3n) is 5.21. The summed E-state index contributed by atoms with van der Waals surface area (Å²) in [4.78, 5) is 20.6. The van der Waals surface area contributed by atoms with E-state index in [4.69, 9.17) is 9.47 Å². The van der Waals surface area contributed by atoms with Crippen molar-refractivity contribution in [2.75, 3.05) is 39.4 Å². The number of hydrogen-bond acceptors (Lipinski definition) is 6. The fraction of sp³-hybridized carbons (Fsp3) is 0.765. The SMILES string of the molecule is O=C1CCCN1C[C@H]1CC[C@]2(COCCN(Cc3nccs3)C2)O1. The molecule has 7 heteroatoms. The summed E-state index contributed by atoms with van der Waals surface area (Å²) in [6.07, 6.45) is 5.71. The van der Waals surface area contributed by atoms with Crippen LogP contribution in [0.25, 0.3) is 0 Å². The number of rotatable bonds is 4. The molecular weight excluding hydrogens is 326 g/mol. The smallest absolute Gasteiger partial charge is 0.222 e. The first-order valence-electron chi connectivity index (χ1n) is 8.87. The van der Waals surface area contributed by atoms with Crippen LogP contribution < -0.4 is 0 Å². The molecule has 0 unspecified atom stereocenters. The highest BCUT2D eigenvalue weighted by Crippen LogP contribution is 2.34. The molecule has 3 fully saturated rings. The Morgan fingerprint density at radius 1 is 1.42 bits per heavy atom. The normalized spacial score (nSPS) is 31.9. The summed E-state index contributed by atoms with van der Waals surface area (Å²) in [6.45, 7) is 5.70. The highest BCUT2D eigenvalue weighted by atomic mass is 32.1. The lowest BCUT2D eigenvalue weighted by molar-refractivity contribution is -0.132. The van der Waals surface area contributed by atoms with E-state index in [0.29, 0.717) is 13.0 Å². The first-order chi connectivity index (χ1) is 11.7. The van der Waals surface area contributed by atoms with E-state index in [1.165, 1.54) is 0 Å². The second-order valence-electron chi connectivity index (χ2n) is 7.09. The maximum Gasteiger partial charge on any atom is 0.222 e. The van der Waals surface area contributed by atoms with Crippen molar-refractivity contribution < 1.29 is 14.3 Å². The van der Waals surface area contributed by atoms with E-state index in [-0.39, 0.29) is 17.6 Å². The number of hydrogen-bond donors (Lipinski definition) is 0. The molecule has 1 spiro atoms. The van der Waals surface area contributed by atoms with Gasteiger partial charge in [-0.15, -0.1) is 11.3 Å². The Morgan fingerprint density at radius 2 is 2.38 bits per heavy atom. The second kappa shape index (κ2) is 7.07. The zero-order valence-corrected chi connectivity index (χ0v) is 14.8. The molecule has 0 bridgehead atoms. The lowest BCUT2D eigenvalue weighted by Gasteiger charge is -2.32. The summed E-state index contributed by atoms with van der Waals surface area (Å²) in [6, 6.07) is 0. The number of thiazole rings is 1. The molecule has 0 radical (unpaired) electrons. The minimum atomic E-state index is -0.221. The summed E-state index contributed by atoms with van der Waals surface area (Å²) in [5, 5.41) is 3.17. The zero-order valence-electron chi connectivity index (χ0n) is 14.0. The van der Waals surface area contributed by atoms with E-state index in [1.807, 2.05) is 16.5 Å². The molecule has 0 saturated carbocycles. The monoisotopic (exact) mass is 351 g/mol. The first kappa shape index (κ1) is 16.4. The van der Waals surface area contributed by atoms with E-state index in [9.17, 15) is 4.79 Å². The van der Waals surface area contributed by atoms with Crippen molar-refractivity contribution in [3.8, 4) is 0 Å². The molecule has 6 nitrogen and oxygen atoms in total. The Hall–Kier alpha value is -1.02. The maximum absolute atomic E-state index is 11.8. The molecule has 0 N–H and O–H groups in total. The molecule has 1 aromatic heterocycles. The van der Waals surface area contributed by atoms with E-state index < -0.39 is 0 Å². The van der Waals surface area contributed by atoms with Gasteiger partial charge in [0.15, 0.2) is 0 Å². The Kier molecular flexibility index (Phi) is 4.85. The molecule has 4 rings (SSSR count). The summed E-state index contributed by atoms with van der Waals surface area (Å²) in [5.41, 5.74) is -0.221. The number of ether oxygens (including phenoxy) is 2. The Morgan fingerprint density at radius 3 is 3.17 bits per heavy atom. The number of amides is 1. The van der Waals surface area contributed by atoms with Gasteiger partial charge in [0.25, 0.3) is 0 Å². The predicted octanol–water partition coefficient (Wildman–Crippen LogP) is 1.52. The average Bonchev–Trinajstić information content (AvgIpc) is 3.26. The van der Waals surface area contributed by atoms with Crippen molar-refractivity contribution >= 4 is 17.2 Å². The van der Waals surface area contributed by atoms with E-state index in [0.717, 1.165) is 63.6 Å². The van der Waals surface area contributed by atoms with Gasteiger partial charge < -0.3 is 14.4 Å². The zero-order chi connectivity index (χ0) is 16.4. The van der Waals surface area contributed by atoms with Crippen LogP contribution in [0.4, 0.5) is 0 Å². The van der Waals surface area contributed by atoms with Crippen molar-refractivity contribution in [2.24, 2.45) is 0 Å². The van der Waals surface area contributed by atoms with Crippen molar-refractivity contribution in [2.45, 2.75) is 43.9 Å². The molecule has 3 aliphatic heterocycles. The van der Waals surface area contributed by atoms with Crippen LogP contribution in [0.5, 0.6) is 0 Å². The molecule has 3 aliphatic rings. The van der Waals surface area contributed by atoms with Crippen LogP contribution in [0.1, 0.15) is 30.7 Å². The van der Waals surface area contributed by atoms with Crippen molar-refractivity contribution in [1.82, 2.24) is 14.8 Å². The van der Waals surface area contributed by atoms with Crippen LogP contribution in [0.2, 0.25) is 0 Å². The van der Waals surface area contributed by atoms with Gasteiger partial charge in [0, 0.05) is 44.2 Å². The van der Waals surface area contributed by atoms with Crippen molar-refractivity contribution in [3.63, 3.8) is 0 Å². The van der Waals surface area contributed by atoms with Gasteiger partial charge >= 0.3 is 0 Å². The number of nitrogens with zero attached hydrogens (tertiary/aromatic N) is 3. The topological polar surface area (TPSA) is 54.9 Å². The lowest BCUT2D eigenvalue weighted by atomic mass is 10.00. The molecular formula is C17H25N3O3S. The Balaban J connectivity index is 1.37.